The fourth-order valence-electron chi connectivity index (χ4n) is 3.13. The minimum atomic E-state index is -0.511. The van der Waals surface area contributed by atoms with Gasteiger partial charge in [-0.3, -0.25) is 4.79 Å². The first-order valence-corrected chi connectivity index (χ1v) is 8.86. The SMILES string of the molecule is COc1cccc(OCc2ccccc2)c1C(=O)[C@H]1O[C@H]1c1ccccc1. The van der Waals surface area contributed by atoms with Crippen molar-refractivity contribution < 1.29 is 19.0 Å². The van der Waals surface area contributed by atoms with E-state index in [9.17, 15) is 4.79 Å². The summed E-state index contributed by atoms with van der Waals surface area (Å²) in [7, 11) is 1.55. The lowest BCUT2D eigenvalue weighted by atomic mass is 10.0. The summed E-state index contributed by atoms with van der Waals surface area (Å²) in [6, 6.07) is 25.0. The summed E-state index contributed by atoms with van der Waals surface area (Å²) >= 11 is 0. The van der Waals surface area contributed by atoms with Crippen molar-refractivity contribution in [1.29, 1.82) is 0 Å². The molecule has 136 valence electrons. The number of methoxy groups -OCH3 is 1. The van der Waals surface area contributed by atoms with Crippen LogP contribution in [0.4, 0.5) is 0 Å². The third-order valence-electron chi connectivity index (χ3n) is 4.57. The molecule has 0 spiro atoms. The monoisotopic (exact) mass is 360 g/mol. The molecule has 3 aromatic carbocycles. The largest absolute Gasteiger partial charge is 0.496 e. The summed E-state index contributed by atoms with van der Waals surface area (Å²) in [6.45, 7) is 0.377. The van der Waals surface area contributed by atoms with Gasteiger partial charge in [-0.1, -0.05) is 66.7 Å². The Hall–Kier alpha value is -3.11. The van der Waals surface area contributed by atoms with Gasteiger partial charge in [-0.15, -0.1) is 0 Å². The maximum atomic E-state index is 13.1. The molecule has 1 heterocycles. The fraction of sp³-hybridized carbons (Fsp3) is 0.174. The van der Waals surface area contributed by atoms with E-state index in [1.165, 1.54) is 0 Å². The lowest BCUT2D eigenvalue weighted by Crippen LogP contribution is -2.12. The van der Waals surface area contributed by atoms with Crippen LogP contribution >= 0.6 is 0 Å². The smallest absolute Gasteiger partial charge is 0.202 e. The third kappa shape index (κ3) is 3.71. The van der Waals surface area contributed by atoms with E-state index in [-0.39, 0.29) is 11.9 Å². The van der Waals surface area contributed by atoms with Crippen LogP contribution in [0.5, 0.6) is 11.5 Å². The average molecular weight is 360 g/mol. The van der Waals surface area contributed by atoms with Crippen LogP contribution in [0, 0.1) is 0 Å². The number of benzene rings is 3. The zero-order valence-electron chi connectivity index (χ0n) is 15.0. The van der Waals surface area contributed by atoms with E-state index in [0.717, 1.165) is 11.1 Å². The van der Waals surface area contributed by atoms with Gasteiger partial charge in [0.2, 0.25) is 5.78 Å². The van der Waals surface area contributed by atoms with Gasteiger partial charge in [0.25, 0.3) is 0 Å². The van der Waals surface area contributed by atoms with Crippen molar-refractivity contribution in [2.45, 2.75) is 18.8 Å². The van der Waals surface area contributed by atoms with Crippen LogP contribution in [0.2, 0.25) is 0 Å². The molecular formula is C23H20O4. The molecule has 0 unspecified atom stereocenters. The lowest BCUT2D eigenvalue weighted by Gasteiger charge is -2.13. The van der Waals surface area contributed by atoms with Gasteiger partial charge < -0.3 is 14.2 Å². The van der Waals surface area contributed by atoms with Crippen molar-refractivity contribution in [1.82, 2.24) is 0 Å². The predicted octanol–water partition coefficient (Wildman–Crippen LogP) is 4.60. The number of rotatable bonds is 7. The molecule has 0 radical (unpaired) electrons. The molecule has 1 aliphatic rings. The van der Waals surface area contributed by atoms with Gasteiger partial charge in [0.15, 0.2) is 6.10 Å². The quantitative estimate of drug-likeness (QED) is 0.456. The van der Waals surface area contributed by atoms with E-state index in [1.54, 1.807) is 19.2 Å². The van der Waals surface area contributed by atoms with Crippen LogP contribution in [0.25, 0.3) is 0 Å². The average Bonchev–Trinajstić information content (AvgIpc) is 3.54. The molecule has 1 fully saturated rings. The summed E-state index contributed by atoms with van der Waals surface area (Å²) in [4.78, 5) is 13.1. The van der Waals surface area contributed by atoms with Crippen LogP contribution in [0.1, 0.15) is 27.6 Å². The van der Waals surface area contributed by atoms with E-state index in [1.807, 2.05) is 66.7 Å². The van der Waals surface area contributed by atoms with E-state index in [0.29, 0.717) is 23.7 Å². The molecule has 0 N–H and O–H groups in total. The Labute approximate surface area is 158 Å². The van der Waals surface area contributed by atoms with E-state index in [2.05, 4.69) is 0 Å². The Kier molecular flexibility index (Phi) is 4.90. The molecule has 3 aromatic rings. The first kappa shape index (κ1) is 17.3. The Morgan fingerprint density at radius 3 is 2.26 bits per heavy atom. The van der Waals surface area contributed by atoms with Crippen molar-refractivity contribution in [2.24, 2.45) is 0 Å². The number of carbonyl (C=O) groups is 1. The van der Waals surface area contributed by atoms with Crippen molar-refractivity contribution in [3.8, 4) is 11.5 Å². The molecule has 0 amide bonds. The Bertz CT molecular complexity index is 922. The first-order valence-electron chi connectivity index (χ1n) is 8.86. The topological polar surface area (TPSA) is 48.1 Å². The van der Waals surface area contributed by atoms with Crippen LogP contribution in [-0.2, 0) is 11.3 Å². The summed E-state index contributed by atoms with van der Waals surface area (Å²) in [5.41, 5.74) is 2.46. The summed E-state index contributed by atoms with van der Waals surface area (Å²) < 4.78 is 17.0. The van der Waals surface area contributed by atoms with E-state index in [4.69, 9.17) is 14.2 Å². The second-order valence-corrected chi connectivity index (χ2v) is 6.36. The van der Waals surface area contributed by atoms with E-state index >= 15 is 0 Å². The molecule has 27 heavy (non-hydrogen) atoms. The van der Waals surface area contributed by atoms with Gasteiger partial charge in [0.1, 0.15) is 29.8 Å². The van der Waals surface area contributed by atoms with Crippen molar-refractivity contribution in [2.75, 3.05) is 7.11 Å². The standard InChI is InChI=1S/C23H20O4/c1-25-18-13-8-14-19(26-15-16-9-4-2-5-10-16)20(18)21(24)23-22(27-23)17-11-6-3-7-12-17/h2-14,22-23H,15H2,1H3/t22-,23+/m0/s1. The van der Waals surface area contributed by atoms with Crippen LogP contribution < -0.4 is 9.47 Å². The van der Waals surface area contributed by atoms with Crippen LogP contribution in [0.3, 0.4) is 0 Å². The Morgan fingerprint density at radius 2 is 1.56 bits per heavy atom. The number of carbonyl (C=O) groups excluding carboxylic acids is 1. The highest BCUT2D eigenvalue weighted by Crippen LogP contribution is 2.43. The fourth-order valence-corrected chi connectivity index (χ4v) is 3.13. The highest BCUT2D eigenvalue weighted by atomic mass is 16.6. The number of hydrogen-bond donors (Lipinski definition) is 0. The number of hydrogen-bond acceptors (Lipinski definition) is 4. The van der Waals surface area contributed by atoms with Crippen LogP contribution in [-0.4, -0.2) is 19.0 Å². The Morgan fingerprint density at radius 1 is 0.889 bits per heavy atom. The predicted molar refractivity (Wildman–Crippen MR) is 102 cm³/mol. The number of epoxide rings is 1. The number of Topliss-reactive ketones (excluding diaryl/α,β-unsaturated/α-hetero) is 1. The van der Waals surface area contributed by atoms with Gasteiger partial charge >= 0.3 is 0 Å². The normalized spacial score (nSPS) is 18.0. The highest BCUT2D eigenvalue weighted by Gasteiger charge is 2.47. The molecule has 4 nitrogen and oxygen atoms in total. The number of ketones is 1. The molecule has 4 rings (SSSR count). The van der Waals surface area contributed by atoms with Gasteiger partial charge in [0.05, 0.1) is 7.11 Å². The first-order chi connectivity index (χ1) is 13.3. The highest BCUT2D eigenvalue weighted by molar-refractivity contribution is 6.06. The van der Waals surface area contributed by atoms with Crippen LogP contribution in [0.15, 0.2) is 78.9 Å². The van der Waals surface area contributed by atoms with Gasteiger partial charge in [-0.25, -0.2) is 0 Å². The third-order valence-corrected chi connectivity index (χ3v) is 4.57. The Balaban J connectivity index is 1.57. The minimum absolute atomic E-state index is 0.121. The summed E-state index contributed by atoms with van der Waals surface area (Å²) in [5.74, 6) is 0.878. The zero-order chi connectivity index (χ0) is 18.6. The summed E-state index contributed by atoms with van der Waals surface area (Å²) in [5, 5.41) is 0. The second kappa shape index (κ2) is 7.64. The van der Waals surface area contributed by atoms with Crippen molar-refractivity contribution in [3.63, 3.8) is 0 Å². The molecule has 0 saturated carbocycles. The second-order valence-electron chi connectivity index (χ2n) is 6.36. The molecule has 1 saturated heterocycles. The molecular weight excluding hydrogens is 340 g/mol. The minimum Gasteiger partial charge on any atom is -0.496 e. The molecule has 4 heteroatoms. The van der Waals surface area contributed by atoms with Crippen molar-refractivity contribution in [3.05, 3.63) is 95.6 Å². The molecule has 0 aromatic heterocycles. The molecule has 2 atom stereocenters. The summed E-state index contributed by atoms with van der Waals surface area (Å²) in [6.07, 6.45) is -0.728. The maximum Gasteiger partial charge on any atom is 0.202 e. The number of ether oxygens (including phenoxy) is 3. The molecule has 0 bridgehead atoms. The van der Waals surface area contributed by atoms with Crippen molar-refractivity contribution >= 4 is 5.78 Å². The van der Waals surface area contributed by atoms with Gasteiger partial charge in [-0.05, 0) is 23.3 Å². The maximum absolute atomic E-state index is 13.1. The zero-order valence-corrected chi connectivity index (χ0v) is 15.0. The lowest BCUT2D eigenvalue weighted by molar-refractivity contribution is 0.0946. The van der Waals surface area contributed by atoms with E-state index < -0.39 is 6.10 Å². The van der Waals surface area contributed by atoms with Gasteiger partial charge in [-0.2, -0.15) is 0 Å². The molecule has 1 aliphatic heterocycles. The molecule has 0 aliphatic carbocycles. The van der Waals surface area contributed by atoms with Gasteiger partial charge in [0, 0.05) is 0 Å².